The zero-order chi connectivity index (χ0) is 27.7. The molecule has 0 fully saturated rings. The van der Waals surface area contributed by atoms with E-state index in [1.807, 2.05) is 0 Å². The van der Waals surface area contributed by atoms with Gasteiger partial charge in [-0.05, 0) is 62.7 Å². The highest BCUT2D eigenvalue weighted by Gasteiger charge is 2.33. The van der Waals surface area contributed by atoms with E-state index < -0.39 is 40.2 Å². The van der Waals surface area contributed by atoms with Crippen molar-refractivity contribution in [3.63, 3.8) is 0 Å². The fourth-order valence-electron chi connectivity index (χ4n) is 3.86. The molecule has 1 N–H and O–H groups in total. The lowest BCUT2D eigenvalue weighted by Crippen LogP contribution is -2.51. The van der Waals surface area contributed by atoms with Gasteiger partial charge in [0.05, 0.1) is 17.2 Å². The number of para-hydroxylation sites is 2. The second-order valence-electron chi connectivity index (χ2n) is 8.44. The highest BCUT2D eigenvalue weighted by Crippen LogP contribution is 2.32. The Hall–Kier alpha value is -3.92. The molecule has 38 heavy (non-hydrogen) atoms. The minimum Gasteiger partial charge on any atom is -0.492 e. The van der Waals surface area contributed by atoms with Gasteiger partial charge >= 0.3 is 0 Å². The molecule has 0 radical (unpaired) electrons. The molecule has 10 heteroatoms. The smallest absolute Gasteiger partial charge is 0.264 e. The Morgan fingerprint density at radius 2 is 1.58 bits per heavy atom. The van der Waals surface area contributed by atoms with Crippen molar-refractivity contribution in [1.82, 2.24) is 10.2 Å². The van der Waals surface area contributed by atoms with E-state index in [9.17, 15) is 22.4 Å². The van der Waals surface area contributed by atoms with Crippen LogP contribution in [0.4, 0.5) is 10.1 Å². The van der Waals surface area contributed by atoms with Gasteiger partial charge in [-0.1, -0.05) is 42.5 Å². The molecule has 0 aliphatic rings. The average molecular weight is 542 g/mol. The average Bonchev–Trinajstić information content (AvgIpc) is 2.92. The lowest BCUT2D eigenvalue weighted by atomic mass is 10.1. The van der Waals surface area contributed by atoms with Crippen LogP contribution in [0.1, 0.15) is 26.3 Å². The summed E-state index contributed by atoms with van der Waals surface area (Å²) >= 11 is 0. The van der Waals surface area contributed by atoms with Crippen molar-refractivity contribution in [2.45, 2.75) is 38.3 Å². The predicted octanol–water partition coefficient (Wildman–Crippen LogP) is 3.97. The number of likely N-dealkylation sites (N-methyl/N-ethyl adjacent to an activating group) is 1. The minimum absolute atomic E-state index is 0.000889. The largest absolute Gasteiger partial charge is 0.492 e. The molecule has 1 atom stereocenters. The van der Waals surface area contributed by atoms with Crippen LogP contribution in [0.2, 0.25) is 0 Å². The monoisotopic (exact) mass is 541 g/mol. The predicted molar refractivity (Wildman–Crippen MR) is 144 cm³/mol. The van der Waals surface area contributed by atoms with E-state index in [0.717, 1.165) is 4.31 Å². The second kappa shape index (κ2) is 13.0. The van der Waals surface area contributed by atoms with E-state index in [1.54, 1.807) is 63.2 Å². The number of hydrogen-bond donors (Lipinski definition) is 1. The van der Waals surface area contributed by atoms with Crippen molar-refractivity contribution in [1.29, 1.82) is 0 Å². The Kier molecular flexibility index (Phi) is 9.84. The second-order valence-corrected chi connectivity index (χ2v) is 10.3. The van der Waals surface area contributed by atoms with Crippen molar-refractivity contribution < 1.29 is 27.1 Å². The highest BCUT2D eigenvalue weighted by molar-refractivity contribution is 7.92. The number of benzene rings is 3. The van der Waals surface area contributed by atoms with E-state index in [0.29, 0.717) is 17.9 Å². The van der Waals surface area contributed by atoms with Crippen LogP contribution in [0.5, 0.6) is 5.75 Å². The number of anilines is 1. The summed E-state index contributed by atoms with van der Waals surface area (Å²) in [4.78, 5) is 27.8. The van der Waals surface area contributed by atoms with E-state index in [2.05, 4.69) is 5.32 Å². The summed E-state index contributed by atoms with van der Waals surface area (Å²) in [7, 11) is -4.20. The number of ether oxygens (including phenoxy) is 1. The number of sulfonamides is 1. The molecular formula is C28H32FN3O5S. The molecular weight excluding hydrogens is 509 g/mol. The Balaban J connectivity index is 2.06. The molecule has 0 spiro atoms. The summed E-state index contributed by atoms with van der Waals surface area (Å²) in [5.74, 6) is -1.14. The van der Waals surface area contributed by atoms with Gasteiger partial charge in [-0.15, -0.1) is 0 Å². The van der Waals surface area contributed by atoms with Gasteiger partial charge < -0.3 is 15.0 Å². The summed E-state index contributed by atoms with van der Waals surface area (Å²) in [5, 5.41) is 2.70. The molecule has 0 aromatic heterocycles. The van der Waals surface area contributed by atoms with Gasteiger partial charge in [0.1, 0.15) is 24.2 Å². The molecule has 0 bridgehead atoms. The molecule has 3 aromatic rings. The summed E-state index contributed by atoms with van der Waals surface area (Å²) in [5.41, 5.74) is 0.780. The molecule has 0 saturated heterocycles. The van der Waals surface area contributed by atoms with Crippen molar-refractivity contribution in [3.8, 4) is 5.75 Å². The maximum absolute atomic E-state index is 13.8. The molecule has 0 aliphatic heterocycles. The summed E-state index contributed by atoms with van der Waals surface area (Å²) < 4.78 is 47.8. The Morgan fingerprint density at radius 3 is 2.21 bits per heavy atom. The van der Waals surface area contributed by atoms with Crippen molar-refractivity contribution >= 4 is 27.5 Å². The van der Waals surface area contributed by atoms with Gasteiger partial charge in [0, 0.05) is 13.1 Å². The fraction of sp³-hybridized carbons (Fsp3) is 0.286. The van der Waals surface area contributed by atoms with E-state index in [1.165, 1.54) is 41.3 Å². The minimum atomic E-state index is -4.20. The van der Waals surface area contributed by atoms with Gasteiger partial charge in [0.25, 0.3) is 10.0 Å². The van der Waals surface area contributed by atoms with Gasteiger partial charge in [-0.25, -0.2) is 12.8 Å². The molecule has 8 nitrogen and oxygen atoms in total. The van der Waals surface area contributed by atoms with Crippen LogP contribution in [-0.4, -0.2) is 50.9 Å². The van der Waals surface area contributed by atoms with Crippen LogP contribution in [-0.2, 0) is 26.2 Å². The number of carbonyl (C=O) groups is 2. The van der Waals surface area contributed by atoms with Crippen LogP contribution in [0.15, 0.2) is 83.8 Å². The van der Waals surface area contributed by atoms with E-state index >= 15 is 0 Å². The SMILES string of the molecule is CCNC(=O)C(C)N(Cc1ccc(F)cc1)C(=O)CN(c1ccccc1OCC)S(=O)(=O)c1ccccc1. The van der Waals surface area contributed by atoms with E-state index in [4.69, 9.17) is 4.74 Å². The molecule has 0 saturated carbocycles. The molecule has 0 aliphatic carbocycles. The van der Waals surface area contributed by atoms with Crippen LogP contribution in [0.3, 0.4) is 0 Å². The molecule has 2 amide bonds. The zero-order valence-electron chi connectivity index (χ0n) is 21.6. The quantitative estimate of drug-likeness (QED) is 0.374. The molecule has 3 rings (SSSR count). The fourth-order valence-corrected chi connectivity index (χ4v) is 5.31. The number of hydrogen-bond acceptors (Lipinski definition) is 5. The third kappa shape index (κ3) is 6.89. The Morgan fingerprint density at radius 1 is 0.947 bits per heavy atom. The molecule has 202 valence electrons. The van der Waals surface area contributed by atoms with Gasteiger partial charge in [-0.3, -0.25) is 13.9 Å². The highest BCUT2D eigenvalue weighted by atomic mass is 32.2. The zero-order valence-corrected chi connectivity index (χ0v) is 22.4. The first-order valence-electron chi connectivity index (χ1n) is 12.3. The number of nitrogens with one attached hydrogen (secondary N) is 1. The normalized spacial score (nSPS) is 11.9. The van der Waals surface area contributed by atoms with Gasteiger partial charge in [0.15, 0.2) is 0 Å². The Labute approximate surface area is 223 Å². The number of carbonyl (C=O) groups excluding carboxylic acids is 2. The maximum Gasteiger partial charge on any atom is 0.264 e. The first-order chi connectivity index (χ1) is 18.2. The van der Waals surface area contributed by atoms with E-state index in [-0.39, 0.29) is 23.7 Å². The summed E-state index contributed by atoms with van der Waals surface area (Å²) in [6, 6.07) is 19.0. The third-order valence-corrected chi connectivity index (χ3v) is 7.60. The maximum atomic E-state index is 13.8. The number of rotatable bonds is 12. The van der Waals surface area contributed by atoms with Crippen molar-refractivity contribution in [3.05, 3.63) is 90.2 Å². The standard InChI is InChI=1S/C28H32FN3O5S/c1-4-30-28(34)21(3)31(19-22-15-17-23(29)18-16-22)27(33)20-32(25-13-9-10-14-26(25)37-5-2)38(35,36)24-11-7-6-8-12-24/h6-18,21H,4-5,19-20H2,1-3H3,(H,30,34). The first-order valence-corrected chi connectivity index (χ1v) is 13.7. The van der Waals surface area contributed by atoms with Crippen LogP contribution in [0, 0.1) is 5.82 Å². The van der Waals surface area contributed by atoms with Crippen LogP contribution in [0.25, 0.3) is 0 Å². The first kappa shape index (κ1) is 28.6. The van der Waals surface area contributed by atoms with Crippen LogP contribution < -0.4 is 14.4 Å². The number of nitrogens with zero attached hydrogens (tertiary/aromatic N) is 2. The van der Waals surface area contributed by atoms with Crippen LogP contribution >= 0.6 is 0 Å². The topological polar surface area (TPSA) is 96.0 Å². The van der Waals surface area contributed by atoms with Crippen molar-refractivity contribution in [2.75, 3.05) is 24.0 Å². The van der Waals surface area contributed by atoms with Gasteiger partial charge in [-0.2, -0.15) is 0 Å². The third-order valence-electron chi connectivity index (χ3n) is 5.83. The molecule has 1 unspecified atom stereocenters. The summed E-state index contributed by atoms with van der Waals surface area (Å²) in [6.45, 7) is 5.13. The number of amides is 2. The lowest BCUT2D eigenvalue weighted by Gasteiger charge is -2.32. The summed E-state index contributed by atoms with van der Waals surface area (Å²) in [6.07, 6.45) is 0. The lowest BCUT2D eigenvalue weighted by molar-refractivity contribution is -0.139. The molecule has 3 aromatic carbocycles. The Bertz CT molecular complexity index is 1330. The van der Waals surface area contributed by atoms with Crippen molar-refractivity contribution in [2.24, 2.45) is 0 Å². The van der Waals surface area contributed by atoms with Gasteiger partial charge in [0.2, 0.25) is 11.8 Å². The number of halogens is 1. The molecule has 0 heterocycles.